The smallest absolute Gasteiger partial charge is 0.132 e. The zero-order valence-electron chi connectivity index (χ0n) is 10.1. The highest BCUT2D eigenvalue weighted by atomic mass is 79.9. The first-order valence-electron chi connectivity index (χ1n) is 5.85. The van der Waals surface area contributed by atoms with Gasteiger partial charge < -0.3 is 4.74 Å². The van der Waals surface area contributed by atoms with Gasteiger partial charge in [-0.1, -0.05) is 58.7 Å². The lowest BCUT2D eigenvalue weighted by molar-refractivity contribution is 0.473. The van der Waals surface area contributed by atoms with E-state index < -0.39 is 0 Å². The largest absolute Gasteiger partial charge is 0.457 e. The van der Waals surface area contributed by atoms with Crippen molar-refractivity contribution in [2.45, 2.75) is 18.7 Å². The van der Waals surface area contributed by atoms with Gasteiger partial charge in [-0.15, -0.1) is 0 Å². The van der Waals surface area contributed by atoms with Crippen LogP contribution in [0.4, 0.5) is 0 Å². The minimum Gasteiger partial charge on any atom is -0.457 e. The average molecular weight is 326 g/mol. The highest BCUT2D eigenvalue weighted by Gasteiger charge is 2.09. The minimum atomic E-state index is 0.677. The first-order valence-corrected chi connectivity index (χ1v) is 7.35. The van der Waals surface area contributed by atoms with Gasteiger partial charge in [-0.2, -0.15) is 0 Å². The lowest BCUT2D eigenvalue weighted by Gasteiger charge is -2.13. The van der Waals surface area contributed by atoms with E-state index in [1.165, 1.54) is 5.56 Å². The second kappa shape index (κ2) is 6.26. The molecule has 0 amide bonds. The van der Waals surface area contributed by atoms with E-state index in [0.29, 0.717) is 5.33 Å². The maximum Gasteiger partial charge on any atom is 0.132 e. The van der Waals surface area contributed by atoms with Gasteiger partial charge in [0.25, 0.3) is 0 Å². The Kier molecular flexibility index (Phi) is 4.67. The van der Waals surface area contributed by atoms with Crippen molar-refractivity contribution in [1.82, 2.24) is 0 Å². The van der Waals surface area contributed by atoms with E-state index in [-0.39, 0.29) is 0 Å². The van der Waals surface area contributed by atoms with Crippen molar-refractivity contribution in [2.24, 2.45) is 0 Å². The van der Waals surface area contributed by atoms with Crippen LogP contribution in [0, 0.1) is 0 Å². The van der Waals surface area contributed by atoms with Crippen LogP contribution in [0.5, 0.6) is 11.5 Å². The maximum absolute atomic E-state index is 6.16. The summed E-state index contributed by atoms with van der Waals surface area (Å²) in [4.78, 5) is 0. The molecule has 2 aromatic rings. The van der Waals surface area contributed by atoms with E-state index in [1.54, 1.807) is 0 Å². The number of alkyl halides is 1. The van der Waals surface area contributed by atoms with Gasteiger partial charge in [-0.3, -0.25) is 0 Å². The zero-order chi connectivity index (χ0) is 13.0. The third-order valence-electron chi connectivity index (χ3n) is 2.78. The molecule has 0 aromatic heterocycles. The summed E-state index contributed by atoms with van der Waals surface area (Å²) in [6, 6.07) is 13.8. The molecule has 2 rings (SSSR count). The molecule has 1 nitrogen and oxygen atoms in total. The van der Waals surface area contributed by atoms with Crippen LogP contribution in [0.25, 0.3) is 0 Å². The Bertz CT molecular complexity index is 540. The van der Waals surface area contributed by atoms with Crippen LogP contribution in [0.15, 0.2) is 42.5 Å². The lowest BCUT2D eigenvalue weighted by atomic mass is 10.1. The number of hydrogen-bond donors (Lipinski definition) is 0. The SMILES string of the molecule is CCc1ccccc1Oc1cccc(Cl)c1CBr. The number of halogens is 2. The summed E-state index contributed by atoms with van der Waals surface area (Å²) in [5, 5.41) is 1.40. The quantitative estimate of drug-likeness (QED) is 0.666. The fraction of sp³-hybridized carbons (Fsp3) is 0.200. The van der Waals surface area contributed by atoms with E-state index in [1.807, 2.05) is 36.4 Å². The van der Waals surface area contributed by atoms with E-state index >= 15 is 0 Å². The van der Waals surface area contributed by atoms with Gasteiger partial charge in [0.1, 0.15) is 11.5 Å². The lowest BCUT2D eigenvalue weighted by Crippen LogP contribution is -1.93. The van der Waals surface area contributed by atoms with Gasteiger partial charge in [-0.25, -0.2) is 0 Å². The molecule has 0 radical (unpaired) electrons. The molecule has 0 N–H and O–H groups in total. The normalized spacial score (nSPS) is 10.4. The molecule has 3 heteroatoms. The summed E-state index contributed by atoms with van der Waals surface area (Å²) in [6.45, 7) is 2.12. The molecule has 0 aliphatic carbocycles. The first-order chi connectivity index (χ1) is 8.76. The third kappa shape index (κ3) is 2.88. The standard InChI is InChI=1S/C15H14BrClO/c1-2-11-6-3-4-8-14(11)18-15-9-5-7-13(17)12(15)10-16/h3-9H,2,10H2,1H3. The summed E-state index contributed by atoms with van der Waals surface area (Å²) >= 11 is 9.60. The molecule has 0 unspecified atom stereocenters. The van der Waals surface area contributed by atoms with E-state index in [0.717, 1.165) is 28.5 Å². The van der Waals surface area contributed by atoms with Crippen molar-refractivity contribution in [3.8, 4) is 11.5 Å². The molecular formula is C15H14BrClO. The van der Waals surface area contributed by atoms with Gasteiger partial charge in [0, 0.05) is 15.9 Å². The average Bonchev–Trinajstić information content (AvgIpc) is 2.40. The molecule has 0 atom stereocenters. The molecule has 0 saturated carbocycles. The minimum absolute atomic E-state index is 0.677. The van der Waals surface area contributed by atoms with Crippen LogP contribution in [0.2, 0.25) is 5.02 Å². The van der Waals surface area contributed by atoms with Crippen molar-refractivity contribution in [2.75, 3.05) is 0 Å². The van der Waals surface area contributed by atoms with Crippen LogP contribution in [-0.2, 0) is 11.8 Å². The number of hydrogen-bond acceptors (Lipinski definition) is 1. The fourth-order valence-electron chi connectivity index (χ4n) is 1.78. The summed E-state index contributed by atoms with van der Waals surface area (Å²) < 4.78 is 5.99. The number of aryl methyl sites for hydroxylation is 1. The van der Waals surface area contributed by atoms with Crippen LogP contribution < -0.4 is 4.74 Å². The summed E-state index contributed by atoms with van der Waals surface area (Å²) in [5.41, 5.74) is 2.17. The predicted molar refractivity (Wildman–Crippen MR) is 80.0 cm³/mol. The summed E-state index contributed by atoms with van der Waals surface area (Å²) in [6.07, 6.45) is 0.945. The van der Waals surface area contributed by atoms with Gasteiger partial charge in [0.15, 0.2) is 0 Å². The number of benzene rings is 2. The van der Waals surface area contributed by atoms with Crippen LogP contribution in [0.1, 0.15) is 18.1 Å². The Morgan fingerprint density at radius 1 is 1.06 bits per heavy atom. The number of ether oxygens (including phenoxy) is 1. The zero-order valence-corrected chi connectivity index (χ0v) is 12.5. The fourth-order valence-corrected chi connectivity index (χ4v) is 2.75. The number of rotatable bonds is 4. The molecule has 2 aromatic carbocycles. The number of para-hydroxylation sites is 1. The molecule has 0 heterocycles. The molecule has 94 valence electrons. The Balaban J connectivity index is 2.37. The van der Waals surface area contributed by atoms with Crippen molar-refractivity contribution >= 4 is 27.5 Å². The molecule has 0 saturated heterocycles. The molecule has 0 aliphatic heterocycles. The highest BCUT2D eigenvalue weighted by Crippen LogP contribution is 2.33. The highest BCUT2D eigenvalue weighted by molar-refractivity contribution is 9.08. The Labute approximate surface area is 121 Å². The van der Waals surface area contributed by atoms with Crippen LogP contribution in [0.3, 0.4) is 0 Å². The molecule has 0 bridgehead atoms. The molecule has 18 heavy (non-hydrogen) atoms. The van der Waals surface area contributed by atoms with Crippen molar-refractivity contribution in [3.05, 3.63) is 58.6 Å². The summed E-state index contributed by atoms with van der Waals surface area (Å²) in [5.74, 6) is 1.70. The van der Waals surface area contributed by atoms with Gasteiger partial charge in [-0.05, 0) is 30.2 Å². The topological polar surface area (TPSA) is 9.23 Å². The van der Waals surface area contributed by atoms with Crippen molar-refractivity contribution < 1.29 is 4.74 Å². The van der Waals surface area contributed by atoms with Crippen molar-refractivity contribution in [1.29, 1.82) is 0 Å². The molecule has 0 fully saturated rings. The predicted octanol–water partition coefficient (Wildman–Crippen LogP) is 5.59. The van der Waals surface area contributed by atoms with Gasteiger partial charge in [0.2, 0.25) is 0 Å². The second-order valence-electron chi connectivity index (χ2n) is 3.91. The Morgan fingerprint density at radius 3 is 2.50 bits per heavy atom. The second-order valence-corrected chi connectivity index (χ2v) is 4.88. The first kappa shape index (κ1) is 13.4. The van der Waals surface area contributed by atoms with Crippen LogP contribution >= 0.6 is 27.5 Å². The summed E-state index contributed by atoms with van der Waals surface area (Å²) in [7, 11) is 0. The van der Waals surface area contributed by atoms with Gasteiger partial charge in [0.05, 0.1) is 0 Å². The Morgan fingerprint density at radius 2 is 1.78 bits per heavy atom. The van der Waals surface area contributed by atoms with E-state index in [9.17, 15) is 0 Å². The Hall–Kier alpha value is -0.990. The van der Waals surface area contributed by atoms with E-state index in [2.05, 4.69) is 28.9 Å². The van der Waals surface area contributed by atoms with E-state index in [4.69, 9.17) is 16.3 Å². The van der Waals surface area contributed by atoms with Crippen molar-refractivity contribution in [3.63, 3.8) is 0 Å². The maximum atomic E-state index is 6.16. The third-order valence-corrected chi connectivity index (χ3v) is 3.70. The van der Waals surface area contributed by atoms with Crippen LogP contribution in [-0.4, -0.2) is 0 Å². The van der Waals surface area contributed by atoms with Gasteiger partial charge >= 0.3 is 0 Å². The monoisotopic (exact) mass is 324 g/mol. The molecular weight excluding hydrogens is 312 g/mol. The molecule has 0 aliphatic rings. The molecule has 0 spiro atoms.